The van der Waals surface area contributed by atoms with Gasteiger partial charge < -0.3 is 9.64 Å². The molecule has 3 saturated carbocycles. The first kappa shape index (κ1) is 19.4. The molecule has 0 N–H and O–H groups in total. The largest absolute Gasteiger partial charge is 0.374 e. The van der Waals surface area contributed by atoms with Gasteiger partial charge in [0, 0.05) is 31.6 Å². The number of anilines is 1. The summed E-state index contributed by atoms with van der Waals surface area (Å²) in [6, 6.07) is 4.26. The van der Waals surface area contributed by atoms with E-state index in [1.54, 1.807) is 0 Å². The maximum Gasteiger partial charge on any atom is 0.103 e. The fourth-order valence-electron chi connectivity index (χ4n) is 6.18. The lowest BCUT2D eigenvalue weighted by atomic mass is 9.50. The Labute approximate surface area is 192 Å². The van der Waals surface area contributed by atoms with Crippen molar-refractivity contribution in [1.29, 1.82) is 0 Å². The van der Waals surface area contributed by atoms with Gasteiger partial charge in [0.05, 0.1) is 58.6 Å². The minimum atomic E-state index is 0.166. The molecule has 0 spiro atoms. The van der Waals surface area contributed by atoms with Gasteiger partial charge in [0.1, 0.15) is 5.69 Å². The third kappa shape index (κ3) is 2.56. The first-order valence-electron chi connectivity index (χ1n) is 11.8. The van der Waals surface area contributed by atoms with Crippen molar-refractivity contribution < 1.29 is 4.74 Å². The number of nitrogens with zero attached hydrogens (tertiary/aromatic N) is 6. The van der Waals surface area contributed by atoms with Gasteiger partial charge in [0.2, 0.25) is 0 Å². The van der Waals surface area contributed by atoms with E-state index in [1.807, 2.05) is 17.1 Å². The highest BCUT2D eigenvalue weighted by Gasteiger charge is 2.58. The molecule has 0 unspecified atom stereocenters. The normalized spacial score (nSPS) is 34.3. The molecule has 3 aromatic rings. The van der Waals surface area contributed by atoms with Gasteiger partial charge in [-0.2, -0.15) is 10.2 Å². The summed E-state index contributed by atoms with van der Waals surface area (Å²) in [6.45, 7) is 9.29. The molecule has 3 aliphatic carbocycles. The van der Waals surface area contributed by atoms with Gasteiger partial charge in [0.25, 0.3) is 0 Å². The molecule has 1 aromatic carbocycles. The number of rotatable bonds is 4. The Morgan fingerprint density at radius 2 is 1.84 bits per heavy atom. The minimum Gasteiger partial charge on any atom is -0.374 e. The Balaban J connectivity index is 1.17. The highest BCUT2D eigenvalue weighted by Crippen LogP contribution is 2.62. The summed E-state index contributed by atoms with van der Waals surface area (Å²) in [5.41, 5.74) is 3.65. The maximum atomic E-state index is 6.75. The first-order chi connectivity index (χ1) is 15.5. The molecule has 7 nitrogen and oxygen atoms in total. The molecule has 2 saturated heterocycles. The Morgan fingerprint density at radius 3 is 2.47 bits per heavy atom. The smallest absolute Gasteiger partial charge is 0.103 e. The van der Waals surface area contributed by atoms with Crippen LogP contribution in [0.15, 0.2) is 30.7 Å². The van der Waals surface area contributed by atoms with Crippen molar-refractivity contribution in [2.45, 2.75) is 50.3 Å². The van der Waals surface area contributed by atoms with Crippen LogP contribution in [0.2, 0.25) is 5.02 Å². The molecule has 5 fully saturated rings. The van der Waals surface area contributed by atoms with Gasteiger partial charge in [-0.1, -0.05) is 11.6 Å². The van der Waals surface area contributed by atoms with Gasteiger partial charge in [-0.3, -0.25) is 9.58 Å². The molecule has 8 heteroatoms. The average molecular weight is 453 g/mol. The van der Waals surface area contributed by atoms with Crippen LogP contribution in [0.3, 0.4) is 0 Å². The van der Waals surface area contributed by atoms with Gasteiger partial charge in [-0.25, -0.2) is 4.68 Å². The summed E-state index contributed by atoms with van der Waals surface area (Å²) in [4.78, 5) is 4.99. The highest BCUT2D eigenvalue weighted by molar-refractivity contribution is 6.34. The molecule has 0 radical (unpaired) electrons. The molecule has 8 rings (SSSR count). The molecule has 168 valence electrons. The van der Waals surface area contributed by atoms with Gasteiger partial charge in [0.15, 0.2) is 0 Å². The Morgan fingerprint density at radius 1 is 1.06 bits per heavy atom. The number of hydrogen-bond acceptors (Lipinski definition) is 5. The van der Waals surface area contributed by atoms with E-state index >= 15 is 0 Å². The van der Waals surface area contributed by atoms with E-state index in [4.69, 9.17) is 21.4 Å². The average Bonchev–Trinajstić information content (AvgIpc) is 3.36. The quantitative estimate of drug-likeness (QED) is 0.604. The number of halogens is 1. The monoisotopic (exact) mass is 452 g/mol. The minimum absolute atomic E-state index is 0.166. The van der Waals surface area contributed by atoms with Gasteiger partial charge in [-0.05, 0) is 51.2 Å². The van der Waals surface area contributed by atoms with Crippen LogP contribution in [0, 0.1) is 5.92 Å². The zero-order valence-electron chi connectivity index (χ0n) is 18.7. The summed E-state index contributed by atoms with van der Waals surface area (Å²) in [7, 11) is 0. The van der Waals surface area contributed by atoms with Crippen molar-refractivity contribution in [3.8, 4) is 5.69 Å². The predicted molar refractivity (Wildman–Crippen MR) is 125 cm³/mol. The van der Waals surface area contributed by atoms with Crippen molar-refractivity contribution in [3.63, 3.8) is 0 Å². The van der Waals surface area contributed by atoms with Crippen molar-refractivity contribution >= 4 is 28.2 Å². The van der Waals surface area contributed by atoms with Crippen LogP contribution in [0.5, 0.6) is 0 Å². The Kier molecular flexibility index (Phi) is 3.93. The number of aromatic nitrogens is 4. The lowest BCUT2D eigenvalue weighted by Gasteiger charge is -2.61. The fraction of sp³-hybridized carbons (Fsp3) is 0.583. The summed E-state index contributed by atoms with van der Waals surface area (Å²) in [5.74, 6) is 0.931. The maximum absolute atomic E-state index is 6.75. The summed E-state index contributed by atoms with van der Waals surface area (Å²) in [6.07, 6.45) is 10.2. The summed E-state index contributed by atoms with van der Waals surface area (Å²) >= 11 is 6.75. The zero-order chi connectivity index (χ0) is 21.7. The molecule has 2 bridgehead atoms. The number of benzene rings is 1. The van der Waals surface area contributed by atoms with Crippen LogP contribution in [0.1, 0.15) is 33.1 Å². The van der Waals surface area contributed by atoms with Crippen molar-refractivity contribution in [2.75, 3.05) is 37.7 Å². The lowest BCUT2D eigenvalue weighted by Crippen LogP contribution is -2.68. The topological polar surface area (TPSA) is 51.4 Å². The van der Waals surface area contributed by atoms with E-state index in [2.05, 4.69) is 51.8 Å². The van der Waals surface area contributed by atoms with E-state index in [-0.39, 0.29) is 5.54 Å². The molecular weight excluding hydrogens is 424 g/mol. The van der Waals surface area contributed by atoms with E-state index in [1.165, 1.54) is 19.3 Å². The molecule has 5 aliphatic rings. The molecule has 0 amide bonds. The van der Waals surface area contributed by atoms with Gasteiger partial charge >= 0.3 is 0 Å². The standard InChI is InChI=1S/C24H29ClN6O/c1-16-23(2,15-32-16)29-5-3-28(4-6-29)22-8-21-18(7-20(22)25)12-27-31(21)19-13-26-30(14-19)24-9-17(10-24)11-24/h7-8,12-14,16-17H,3-6,9-11,15H2,1-2H3/t16-,17?,23+,24?/m1/s1. The second-order valence-corrected chi connectivity index (χ2v) is 11.0. The second kappa shape index (κ2) is 6.49. The third-order valence-corrected chi connectivity index (χ3v) is 9.09. The number of ether oxygens (including phenoxy) is 1. The van der Waals surface area contributed by atoms with E-state index in [9.17, 15) is 0 Å². The molecule has 32 heavy (non-hydrogen) atoms. The van der Waals surface area contributed by atoms with Crippen LogP contribution in [0.25, 0.3) is 16.6 Å². The highest BCUT2D eigenvalue weighted by atomic mass is 35.5. The lowest BCUT2D eigenvalue weighted by molar-refractivity contribution is -0.186. The van der Waals surface area contributed by atoms with Crippen LogP contribution in [0.4, 0.5) is 5.69 Å². The molecule has 2 aliphatic heterocycles. The second-order valence-electron chi connectivity index (χ2n) is 10.5. The Bertz CT molecular complexity index is 1190. The van der Waals surface area contributed by atoms with Gasteiger partial charge in [-0.15, -0.1) is 0 Å². The van der Waals surface area contributed by atoms with E-state index in [0.717, 1.165) is 66.0 Å². The molecule has 2 atom stereocenters. The molecule has 2 aromatic heterocycles. The molecule has 4 heterocycles. The summed E-state index contributed by atoms with van der Waals surface area (Å²) in [5, 5.41) is 11.2. The first-order valence-corrected chi connectivity index (χ1v) is 12.2. The van der Waals surface area contributed by atoms with Crippen molar-refractivity contribution in [2.24, 2.45) is 5.92 Å². The zero-order valence-corrected chi connectivity index (χ0v) is 19.4. The third-order valence-electron chi connectivity index (χ3n) is 8.79. The van der Waals surface area contributed by atoms with Crippen molar-refractivity contribution in [1.82, 2.24) is 24.5 Å². The van der Waals surface area contributed by atoms with Crippen molar-refractivity contribution in [3.05, 3.63) is 35.7 Å². The SMILES string of the molecule is C[C@H]1OC[C@]1(C)N1CCN(c2cc3c(cnn3-c3cnn(C45CC(C4)C5)c3)cc2Cl)CC1. The number of piperazine rings is 1. The van der Waals surface area contributed by atoms with E-state index < -0.39 is 0 Å². The fourth-order valence-corrected chi connectivity index (χ4v) is 6.47. The molecular formula is C24H29ClN6O. The number of fused-ring (bicyclic) bond motifs is 1. The van der Waals surface area contributed by atoms with Crippen LogP contribution >= 0.6 is 11.6 Å². The van der Waals surface area contributed by atoms with E-state index in [0.29, 0.717) is 11.6 Å². The predicted octanol–water partition coefficient (Wildman–Crippen LogP) is 3.68. The van der Waals surface area contributed by atoms with Crippen LogP contribution in [-0.2, 0) is 10.3 Å². The van der Waals surface area contributed by atoms with Crippen LogP contribution < -0.4 is 4.90 Å². The van der Waals surface area contributed by atoms with Crippen LogP contribution in [-0.4, -0.2) is 68.9 Å². The Hall–Kier alpha value is -2.09. The number of hydrogen-bond donors (Lipinski definition) is 0. The summed E-state index contributed by atoms with van der Waals surface area (Å²) < 4.78 is 9.85.